The molecule has 0 radical (unpaired) electrons. The van der Waals surface area contributed by atoms with Crippen LogP contribution in [-0.4, -0.2) is 65.4 Å². The van der Waals surface area contributed by atoms with E-state index in [0.29, 0.717) is 42.6 Å². The van der Waals surface area contributed by atoms with E-state index >= 15 is 0 Å². The predicted molar refractivity (Wildman–Crippen MR) is 130 cm³/mol. The second-order valence-electron chi connectivity index (χ2n) is 8.12. The van der Waals surface area contributed by atoms with Crippen LogP contribution in [0.1, 0.15) is 30.6 Å². The Kier molecular flexibility index (Phi) is 7.08. The molecule has 1 aliphatic rings. The van der Waals surface area contributed by atoms with Gasteiger partial charge in [0.15, 0.2) is 0 Å². The minimum atomic E-state index is -0.00351. The molecule has 168 valence electrons. The molecule has 2 amide bonds. The van der Waals surface area contributed by atoms with Gasteiger partial charge in [0.05, 0.1) is 32.5 Å². The summed E-state index contributed by atoms with van der Waals surface area (Å²) >= 11 is 7.57. The number of aromatic nitrogens is 1. The van der Waals surface area contributed by atoms with Gasteiger partial charge in [-0.15, -0.1) is 11.3 Å². The number of pyridine rings is 1. The van der Waals surface area contributed by atoms with Gasteiger partial charge in [-0.1, -0.05) is 36.7 Å². The molecular formula is C24H27ClN4O2S. The summed E-state index contributed by atoms with van der Waals surface area (Å²) in [5, 5.41) is 3.85. The number of hydrogen-bond acceptors (Lipinski definition) is 5. The van der Waals surface area contributed by atoms with Crippen LogP contribution in [0.25, 0.3) is 21.5 Å². The number of nitrogens with one attached hydrogen (secondary N) is 1. The van der Waals surface area contributed by atoms with Crippen LogP contribution < -0.4 is 5.32 Å². The van der Waals surface area contributed by atoms with Gasteiger partial charge < -0.3 is 10.2 Å². The smallest absolute Gasteiger partial charge is 0.254 e. The maximum atomic E-state index is 13.5. The highest BCUT2D eigenvalue weighted by atomic mass is 35.5. The zero-order chi connectivity index (χ0) is 22.7. The van der Waals surface area contributed by atoms with Gasteiger partial charge in [0.2, 0.25) is 5.91 Å². The molecule has 1 saturated heterocycles. The van der Waals surface area contributed by atoms with Crippen LogP contribution in [-0.2, 0) is 4.79 Å². The maximum Gasteiger partial charge on any atom is 0.254 e. The van der Waals surface area contributed by atoms with Crippen LogP contribution in [0.2, 0.25) is 4.34 Å². The number of nitrogens with zero attached hydrogens (tertiary/aromatic N) is 3. The monoisotopic (exact) mass is 470 g/mol. The van der Waals surface area contributed by atoms with Crippen LogP contribution >= 0.6 is 22.9 Å². The van der Waals surface area contributed by atoms with E-state index in [1.165, 1.54) is 11.3 Å². The number of para-hydroxylation sites is 1. The molecule has 1 unspecified atom stereocenters. The SMILES string of the molecule is CCC(C)NC(=O)CN1CCN(C(=O)c2cc(-c3ccc(Cl)s3)nc3ccccc23)CC1. The van der Waals surface area contributed by atoms with Gasteiger partial charge in [0.1, 0.15) is 0 Å². The number of piperazine rings is 1. The Morgan fingerprint density at radius 3 is 2.59 bits per heavy atom. The normalized spacial score (nSPS) is 15.7. The summed E-state index contributed by atoms with van der Waals surface area (Å²) in [6.45, 7) is 6.96. The number of halogens is 1. The molecule has 1 N–H and O–H groups in total. The van der Waals surface area contributed by atoms with E-state index in [-0.39, 0.29) is 17.9 Å². The second-order valence-corrected chi connectivity index (χ2v) is 9.84. The van der Waals surface area contributed by atoms with Gasteiger partial charge in [-0.25, -0.2) is 4.98 Å². The molecule has 1 fully saturated rings. The lowest BCUT2D eigenvalue weighted by molar-refractivity contribution is -0.123. The van der Waals surface area contributed by atoms with Gasteiger partial charge in [0.25, 0.3) is 5.91 Å². The van der Waals surface area contributed by atoms with Crippen molar-refractivity contribution in [2.45, 2.75) is 26.3 Å². The Hall–Kier alpha value is -2.48. The van der Waals surface area contributed by atoms with Crippen molar-refractivity contribution in [1.82, 2.24) is 20.1 Å². The second kappa shape index (κ2) is 9.98. The first-order valence-electron chi connectivity index (χ1n) is 10.9. The van der Waals surface area contributed by atoms with Gasteiger partial charge >= 0.3 is 0 Å². The predicted octanol–water partition coefficient (Wildman–Crippen LogP) is 4.29. The van der Waals surface area contributed by atoms with Crippen molar-refractivity contribution in [1.29, 1.82) is 0 Å². The van der Waals surface area contributed by atoms with Crippen molar-refractivity contribution >= 4 is 45.7 Å². The average molecular weight is 471 g/mol. The van der Waals surface area contributed by atoms with E-state index in [0.717, 1.165) is 27.9 Å². The Bertz CT molecular complexity index is 1120. The molecule has 32 heavy (non-hydrogen) atoms. The number of hydrogen-bond donors (Lipinski definition) is 1. The summed E-state index contributed by atoms with van der Waals surface area (Å²) < 4.78 is 0.691. The summed E-state index contributed by atoms with van der Waals surface area (Å²) in [6, 6.07) is 13.6. The Morgan fingerprint density at radius 2 is 1.91 bits per heavy atom. The van der Waals surface area contributed by atoms with Gasteiger partial charge in [-0.3, -0.25) is 14.5 Å². The first-order valence-corrected chi connectivity index (χ1v) is 12.1. The van der Waals surface area contributed by atoms with Gasteiger partial charge in [-0.2, -0.15) is 0 Å². The molecule has 1 aromatic carbocycles. The highest BCUT2D eigenvalue weighted by Crippen LogP contribution is 2.32. The summed E-state index contributed by atoms with van der Waals surface area (Å²) in [7, 11) is 0. The van der Waals surface area contributed by atoms with Gasteiger partial charge in [0, 0.05) is 37.6 Å². The zero-order valence-corrected chi connectivity index (χ0v) is 19.9. The first kappa shape index (κ1) is 22.7. The third-order valence-corrected chi connectivity index (χ3v) is 7.07. The van der Waals surface area contributed by atoms with E-state index in [4.69, 9.17) is 16.6 Å². The molecule has 3 heterocycles. The molecular weight excluding hydrogens is 444 g/mol. The molecule has 0 bridgehead atoms. The molecule has 0 aliphatic carbocycles. The van der Waals surface area contributed by atoms with Crippen molar-refractivity contribution in [3.63, 3.8) is 0 Å². The highest BCUT2D eigenvalue weighted by Gasteiger charge is 2.25. The molecule has 2 aromatic heterocycles. The average Bonchev–Trinajstić information content (AvgIpc) is 3.24. The fraction of sp³-hybridized carbons (Fsp3) is 0.375. The van der Waals surface area contributed by atoms with Crippen molar-refractivity contribution in [2.75, 3.05) is 32.7 Å². The quantitative estimate of drug-likeness (QED) is 0.583. The number of amides is 2. The largest absolute Gasteiger partial charge is 0.353 e. The fourth-order valence-corrected chi connectivity index (χ4v) is 4.84. The van der Waals surface area contributed by atoms with Crippen LogP contribution in [0.4, 0.5) is 0 Å². The first-order chi connectivity index (χ1) is 15.4. The Morgan fingerprint density at radius 1 is 1.16 bits per heavy atom. The molecule has 3 aromatic rings. The van der Waals surface area contributed by atoms with Crippen LogP contribution in [0.5, 0.6) is 0 Å². The van der Waals surface area contributed by atoms with E-state index in [1.54, 1.807) is 0 Å². The molecule has 1 aliphatic heterocycles. The topological polar surface area (TPSA) is 65.5 Å². The standard InChI is InChI=1S/C24H27ClN4O2S/c1-3-16(2)26-23(30)15-28-10-12-29(13-11-28)24(31)18-14-20(21-8-9-22(25)32-21)27-19-7-5-4-6-17(18)19/h4-9,14,16H,3,10-13,15H2,1-2H3,(H,26,30). The van der Waals surface area contributed by atoms with Crippen molar-refractivity contribution in [2.24, 2.45) is 0 Å². The number of rotatable bonds is 6. The lowest BCUT2D eigenvalue weighted by Crippen LogP contribution is -2.51. The zero-order valence-electron chi connectivity index (χ0n) is 18.3. The van der Waals surface area contributed by atoms with Crippen LogP contribution in [0.15, 0.2) is 42.5 Å². The van der Waals surface area contributed by atoms with Gasteiger partial charge in [-0.05, 0) is 37.6 Å². The summed E-state index contributed by atoms with van der Waals surface area (Å²) in [4.78, 5) is 35.3. The van der Waals surface area contributed by atoms with E-state index < -0.39 is 0 Å². The Labute approximate surface area is 197 Å². The van der Waals surface area contributed by atoms with Crippen LogP contribution in [0.3, 0.4) is 0 Å². The third-order valence-electron chi connectivity index (χ3n) is 5.82. The maximum absolute atomic E-state index is 13.5. The third kappa shape index (κ3) is 5.11. The van der Waals surface area contributed by atoms with Crippen molar-refractivity contribution < 1.29 is 9.59 Å². The Balaban J connectivity index is 1.50. The molecule has 1 atom stereocenters. The molecule has 6 nitrogen and oxygen atoms in total. The van der Waals surface area contributed by atoms with Crippen LogP contribution in [0, 0.1) is 0 Å². The number of benzene rings is 1. The van der Waals surface area contributed by atoms with Crippen molar-refractivity contribution in [3.05, 3.63) is 52.4 Å². The molecule has 0 saturated carbocycles. The minimum absolute atomic E-state index is 0.00351. The van der Waals surface area contributed by atoms with E-state index in [1.807, 2.05) is 54.3 Å². The lowest BCUT2D eigenvalue weighted by Gasteiger charge is -2.34. The summed E-state index contributed by atoms with van der Waals surface area (Å²) in [5.74, 6) is 0.0368. The fourth-order valence-electron chi connectivity index (χ4n) is 3.84. The van der Waals surface area contributed by atoms with Crippen molar-refractivity contribution in [3.8, 4) is 10.6 Å². The summed E-state index contributed by atoms with van der Waals surface area (Å²) in [5.41, 5.74) is 2.20. The van der Waals surface area contributed by atoms with E-state index in [9.17, 15) is 9.59 Å². The summed E-state index contributed by atoms with van der Waals surface area (Å²) in [6.07, 6.45) is 0.910. The lowest BCUT2D eigenvalue weighted by atomic mass is 10.1. The molecule has 0 spiro atoms. The number of thiophene rings is 1. The van der Waals surface area contributed by atoms with E-state index in [2.05, 4.69) is 17.1 Å². The number of fused-ring (bicyclic) bond motifs is 1. The minimum Gasteiger partial charge on any atom is -0.353 e. The number of carbonyl (C=O) groups excluding carboxylic acids is 2. The molecule has 4 rings (SSSR count). The molecule has 8 heteroatoms. The highest BCUT2D eigenvalue weighted by molar-refractivity contribution is 7.19. The number of carbonyl (C=O) groups is 2.